The van der Waals surface area contributed by atoms with Crippen LogP contribution in [-0.2, 0) is 12.7 Å². The predicted octanol–water partition coefficient (Wildman–Crippen LogP) is 4.30. The van der Waals surface area contributed by atoms with Crippen molar-refractivity contribution in [3.05, 3.63) is 67.5 Å². The van der Waals surface area contributed by atoms with Crippen LogP contribution < -0.4 is 5.56 Å². The molecule has 1 aromatic carbocycles. The minimum Gasteiger partial charge on any atom is -0.326 e. The molecule has 3 heterocycles. The molecule has 0 saturated carbocycles. The van der Waals surface area contributed by atoms with Gasteiger partial charge in [-0.25, -0.2) is 0 Å². The van der Waals surface area contributed by atoms with E-state index in [4.69, 9.17) is 0 Å². The monoisotopic (exact) mass is 440 g/mol. The molecule has 2 unspecified atom stereocenters. The second-order valence-corrected chi connectivity index (χ2v) is 7.93. The number of hydrogen-bond acceptors (Lipinski definition) is 2. The maximum atomic E-state index is 13.2. The summed E-state index contributed by atoms with van der Waals surface area (Å²) in [5.74, 6) is -0.312. The molecule has 1 aromatic heterocycles. The van der Waals surface area contributed by atoms with Crippen molar-refractivity contribution in [1.82, 2.24) is 9.47 Å². The van der Waals surface area contributed by atoms with Crippen molar-refractivity contribution in [3.8, 4) is 0 Å². The van der Waals surface area contributed by atoms with Gasteiger partial charge >= 0.3 is 6.18 Å². The zero-order chi connectivity index (χ0) is 19.5. The topological polar surface area (TPSA) is 42.3 Å². The van der Waals surface area contributed by atoms with E-state index in [1.165, 1.54) is 10.6 Å². The van der Waals surface area contributed by atoms with Crippen molar-refractivity contribution in [3.63, 3.8) is 0 Å². The van der Waals surface area contributed by atoms with Gasteiger partial charge in [-0.05, 0) is 65.5 Å². The first-order chi connectivity index (χ1) is 12.7. The molecule has 27 heavy (non-hydrogen) atoms. The van der Waals surface area contributed by atoms with E-state index in [9.17, 15) is 22.8 Å². The van der Waals surface area contributed by atoms with Crippen LogP contribution in [-0.4, -0.2) is 21.4 Å². The molecule has 0 spiro atoms. The maximum absolute atomic E-state index is 13.2. The highest BCUT2D eigenvalue weighted by atomic mass is 79.9. The lowest BCUT2D eigenvalue weighted by molar-refractivity contribution is -0.137. The van der Waals surface area contributed by atoms with E-state index in [-0.39, 0.29) is 23.2 Å². The SMILES string of the molecule is Cc1cc(C2CCC3Cn4c(ccc(Br)c4=O)C(=O)N32)cc(C(F)(F)F)c1. The van der Waals surface area contributed by atoms with Gasteiger partial charge in [-0.15, -0.1) is 0 Å². The molecule has 0 radical (unpaired) electrons. The number of amides is 1. The van der Waals surface area contributed by atoms with Crippen LogP contribution in [0.3, 0.4) is 0 Å². The molecule has 4 rings (SSSR count). The van der Waals surface area contributed by atoms with E-state index in [1.54, 1.807) is 24.0 Å². The zero-order valence-electron chi connectivity index (χ0n) is 14.4. The fraction of sp³-hybridized carbons (Fsp3) is 0.368. The van der Waals surface area contributed by atoms with Crippen molar-refractivity contribution < 1.29 is 18.0 Å². The number of pyridine rings is 1. The molecule has 142 valence electrons. The average Bonchev–Trinajstić information content (AvgIpc) is 3.02. The zero-order valence-corrected chi connectivity index (χ0v) is 16.0. The number of hydrogen-bond donors (Lipinski definition) is 0. The van der Waals surface area contributed by atoms with Crippen LogP contribution in [0.1, 0.15) is 46.1 Å². The molecule has 1 fully saturated rings. The molecule has 2 aromatic rings. The molecule has 0 aliphatic carbocycles. The number of rotatable bonds is 1. The van der Waals surface area contributed by atoms with Crippen LogP contribution in [0.5, 0.6) is 0 Å². The summed E-state index contributed by atoms with van der Waals surface area (Å²) in [5.41, 5.74) is 0.305. The van der Waals surface area contributed by atoms with Crippen molar-refractivity contribution in [2.75, 3.05) is 0 Å². The molecule has 0 bridgehead atoms. The number of aromatic nitrogens is 1. The van der Waals surface area contributed by atoms with Gasteiger partial charge < -0.3 is 9.47 Å². The third-order valence-electron chi connectivity index (χ3n) is 5.29. The van der Waals surface area contributed by atoms with Crippen LogP contribution in [0.15, 0.2) is 39.6 Å². The molecule has 1 amide bonds. The number of halogens is 4. The summed E-state index contributed by atoms with van der Waals surface area (Å²) in [6, 6.07) is 6.45. The highest BCUT2D eigenvalue weighted by Crippen LogP contribution is 2.41. The van der Waals surface area contributed by atoms with Crippen LogP contribution in [0.4, 0.5) is 13.2 Å². The van der Waals surface area contributed by atoms with Gasteiger partial charge in [0.05, 0.1) is 22.1 Å². The van der Waals surface area contributed by atoms with Crippen LogP contribution in [0.25, 0.3) is 0 Å². The lowest BCUT2D eigenvalue weighted by Gasteiger charge is -2.36. The quantitative estimate of drug-likeness (QED) is 0.663. The predicted molar refractivity (Wildman–Crippen MR) is 96.5 cm³/mol. The van der Waals surface area contributed by atoms with Crippen molar-refractivity contribution >= 4 is 21.8 Å². The summed E-state index contributed by atoms with van der Waals surface area (Å²) in [5, 5.41) is 0. The Balaban J connectivity index is 1.76. The number of aryl methyl sites for hydroxylation is 1. The second-order valence-electron chi connectivity index (χ2n) is 7.07. The number of benzene rings is 1. The van der Waals surface area contributed by atoms with Gasteiger partial charge in [-0.2, -0.15) is 13.2 Å². The molecular formula is C19H16BrF3N2O2. The lowest BCUT2D eigenvalue weighted by atomic mass is 9.98. The van der Waals surface area contributed by atoms with Crippen LogP contribution in [0, 0.1) is 6.92 Å². The lowest BCUT2D eigenvalue weighted by Crippen LogP contribution is -2.48. The first-order valence-corrected chi connectivity index (χ1v) is 9.37. The standard InChI is InChI=1S/C19H16BrF3N2O2/c1-10-6-11(8-12(7-10)19(21,22)23)15-4-2-13-9-24-16(18(27)25(13)15)5-3-14(20)17(24)26/h3,5-8,13,15H,2,4,9H2,1H3. The van der Waals surface area contributed by atoms with Crippen molar-refractivity contribution in [2.45, 2.75) is 44.6 Å². The van der Waals surface area contributed by atoms with E-state index in [2.05, 4.69) is 15.9 Å². The number of alkyl halides is 3. The molecule has 1 saturated heterocycles. The van der Waals surface area contributed by atoms with Gasteiger partial charge in [0.2, 0.25) is 0 Å². The molecular weight excluding hydrogens is 425 g/mol. The van der Waals surface area contributed by atoms with Gasteiger partial charge in [-0.3, -0.25) is 9.59 Å². The third kappa shape index (κ3) is 2.99. The van der Waals surface area contributed by atoms with Gasteiger partial charge in [0.1, 0.15) is 5.69 Å². The van der Waals surface area contributed by atoms with Gasteiger partial charge in [0, 0.05) is 6.54 Å². The summed E-state index contributed by atoms with van der Waals surface area (Å²) in [7, 11) is 0. The minimum atomic E-state index is -4.43. The first-order valence-electron chi connectivity index (χ1n) is 8.57. The largest absolute Gasteiger partial charge is 0.416 e. The highest BCUT2D eigenvalue weighted by molar-refractivity contribution is 9.10. The summed E-state index contributed by atoms with van der Waals surface area (Å²) < 4.78 is 41.4. The molecule has 4 nitrogen and oxygen atoms in total. The number of carbonyl (C=O) groups is 1. The summed E-state index contributed by atoms with van der Waals surface area (Å²) in [4.78, 5) is 27.0. The fourth-order valence-corrected chi connectivity index (χ4v) is 4.47. The number of nitrogens with zero attached hydrogens (tertiary/aromatic N) is 2. The summed E-state index contributed by atoms with van der Waals surface area (Å²) in [6.45, 7) is 1.98. The van der Waals surface area contributed by atoms with Crippen molar-refractivity contribution in [1.29, 1.82) is 0 Å². The van der Waals surface area contributed by atoms with E-state index >= 15 is 0 Å². The third-order valence-corrected chi connectivity index (χ3v) is 5.89. The number of fused-ring (bicyclic) bond motifs is 2. The molecule has 2 aliphatic heterocycles. The van der Waals surface area contributed by atoms with Gasteiger partial charge in [-0.1, -0.05) is 11.6 Å². The van der Waals surface area contributed by atoms with Gasteiger partial charge in [0.25, 0.3) is 11.5 Å². The Labute approximate surface area is 161 Å². The Morgan fingerprint density at radius 3 is 2.56 bits per heavy atom. The number of carbonyl (C=O) groups excluding carboxylic acids is 1. The highest BCUT2D eigenvalue weighted by Gasteiger charge is 2.43. The fourth-order valence-electron chi connectivity index (χ4n) is 4.13. The van der Waals surface area contributed by atoms with E-state index in [0.717, 1.165) is 12.1 Å². The normalized spacial score (nSPS) is 22.0. The Bertz CT molecular complexity index is 999. The molecule has 2 aliphatic rings. The van der Waals surface area contributed by atoms with Crippen LogP contribution in [0.2, 0.25) is 0 Å². The summed E-state index contributed by atoms with van der Waals surface area (Å²) in [6.07, 6.45) is -3.22. The summed E-state index contributed by atoms with van der Waals surface area (Å²) >= 11 is 3.19. The Morgan fingerprint density at radius 2 is 1.85 bits per heavy atom. The van der Waals surface area contributed by atoms with E-state index in [1.807, 2.05) is 0 Å². The van der Waals surface area contributed by atoms with Crippen molar-refractivity contribution in [2.24, 2.45) is 0 Å². The second kappa shape index (κ2) is 6.22. The van der Waals surface area contributed by atoms with Gasteiger partial charge in [0.15, 0.2) is 0 Å². The molecule has 8 heteroatoms. The Kier molecular flexibility index (Phi) is 4.21. The van der Waals surface area contributed by atoms with Crippen LogP contribution >= 0.6 is 15.9 Å². The van der Waals surface area contributed by atoms with E-state index < -0.39 is 17.8 Å². The van der Waals surface area contributed by atoms with E-state index in [0.29, 0.717) is 35.0 Å². The Morgan fingerprint density at radius 1 is 1.11 bits per heavy atom. The molecule has 2 atom stereocenters. The Hall–Kier alpha value is -2.09. The average molecular weight is 441 g/mol. The molecule has 0 N–H and O–H groups in total. The maximum Gasteiger partial charge on any atom is 0.416 e. The minimum absolute atomic E-state index is 0.197. The smallest absolute Gasteiger partial charge is 0.326 e. The first kappa shape index (κ1) is 18.3.